The summed E-state index contributed by atoms with van der Waals surface area (Å²) in [5, 5.41) is 16.2. The zero-order chi connectivity index (χ0) is 19.8. The summed E-state index contributed by atoms with van der Waals surface area (Å²) >= 11 is 0. The number of carbonyl (C=O) groups excluding carboxylic acids is 1. The molecule has 7 nitrogen and oxygen atoms in total. The molecule has 28 heavy (non-hydrogen) atoms. The fraction of sp³-hybridized carbons (Fsp3) is 0.381. The van der Waals surface area contributed by atoms with E-state index in [0.717, 1.165) is 31.9 Å². The normalized spacial score (nSPS) is 15.9. The summed E-state index contributed by atoms with van der Waals surface area (Å²) in [4.78, 5) is 14.6. The van der Waals surface area contributed by atoms with Crippen molar-refractivity contribution in [2.75, 3.05) is 50.4 Å². The van der Waals surface area contributed by atoms with E-state index in [9.17, 15) is 9.90 Å². The largest absolute Gasteiger partial charge is 0.397 e. The van der Waals surface area contributed by atoms with Crippen LogP contribution >= 0.6 is 0 Å². The number of hydrogen-bond acceptors (Lipinski definition) is 6. The fourth-order valence-corrected chi connectivity index (χ4v) is 3.11. The Kier molecular flexibility index (Phi) is 7.39. The molecule has 0 spiro atoms. The molecule has 1 fully saturated rings. The van der Waals surface area contributed by atoms with Crippen LogP contribution in [0.3, 0.4) is 0 Å². The van der Waals surface area contributed by atoms with Crippen LogP contribution in [0.5, 0.6) is 0 Å². The van der Waals surface area contributed by atoms with Crippen LogP contribution in [0.4, 0.5) is 11.4 Å². The minimum atomic E-state index is -0.417. The second-order valence-corrected chi connectivity index (χ2v) is 6.94. The van der Waals surface area contributed by atoms with Crippen LogP contribution < -0.4 is 16.4 Å². The average Bonchev–Trinajstić information content (AvgIpc) is 2.71. The van der Waals surface area contributed by atoms with Gasteiger partial charge in [-0.2, -0.15) is 0 Å². The van der Waals surface area contributed by atoms with E-state index in [0.29, 0.717) is 36.6 Å². The number of anilines is 2. The molecule has 1 aliphatic rings. The SMILES string of the molecule is Nc1ccccc1NC(=O)c1ccc(CNCC(O)CN2CCOCC2)cc1. The molecule has 1 aliphatic heterocycles. The topological polar surface area (TPSA) is 99.8 Å². The van der Waals surface area contributed by atoms with E-state index >= 15 is 0 Å². The van der Waals surface area contributed by atoms with Gasteiger partial charge in [0.05, 0.1) is 30.7 Å². The quantitative estimate of drug-likeness (QED) is 0.512. The molecule has 0 saturated carbocycles. The number of benzene rings is 2. The molecule has 150 valence electrons. The Morgan fingerprint density at radius 1 is 1.14 bits per heavy atom. The highest BCUT2D eigenvalue weighted by atomic mass is 16.5. The number of morpholine rings is 1. The first-order valence-electron chi connectivity index (χ1n) is 9.55. The molecule has 0 aliphatic carbocycles. The lowest BCUT2D eigenvalue weighted by Crippen LogP contribution is -2.43. The van der Waals surface area contributed by atoms with Crippen molar-refractivity contribution in [3.63, 3.8) is 0 Å². The summed E-state index contributed by atoms with van der Waals surface area (Å²) in [6.07, 6.45) is -0.417. The van der Waals surface area contributed by atoms with Gasteiger partial charge in [-0.25, -0.2) is 0 Å². The van der Waals surface area contributed by atoms with Crippen LogP contribution in [-0.4, -0.2) is 61.4 Å². The maximum absolute atomic E-state index is 12.3. The summed E-state index contributed by atoms with van der Waals surface area (Å²) in [6, 6.07) is 14.6. The van der Waals surface area contributed by atoms with Gasteiger partial charge in [0.2, 0.25) is 0 Å². The van der Waals surface area contributed by atoms with Crippen LogP contribution in [-0.2, 0) is 11.3 Å². The number of nitrogens with one attached hydrogen (secondary N) is 2. The monoisotopic (exact) mass is 384 g/mol. The second-order valence-electron chi connectivity index (χ2n) is 6.94. The number of amides is 1. The van der Waals surface area contributed by atoms with E-state index in [1.165, 1.54) is 0 Å². The highest BCUT2D eigenvalue weighted by Crippen LogP contribution is 2.18. The highest BCUT2D eigenvalue weighted by Gasteiger charge is 2.14. The number of para-hydroxylation sites is 2. The molecule has 5 N–H and O–H groups in total. The van der Waals surface area contributed by atoms with Gasteiger partial charge >= 0.3 is 0 Å². The smallest absolute Gasteiger partial charge is 0.255 e. The van der Waals surface area contributed by atoms with Crippen molar-refractivity contribution in [2.45, 2.75) is 12.6 Å². The zero-order valence-electron chi connectivity index (χ0n) is 15.9. The van der Waals surface area contributed by atoms with E-state index in [1.807, 2.05) is 24.3 Å². The molecule has 2 aromatic carbocycles. The molecule has 0 radical (unpaired) electrons. The summed E-state index contributed by atoms with van der Waals surface area (Å²) in [7, 11) is 0. The molecular formula is C21H28N4O3. The lowest BCUT2D eigenvalue weighted by molar-refractivity contribution is 0.0149. The van der Waals surface area contributed by atoms with Gasteiger partial charge in [0.1, 0.15) is 0 Å². The third kappa shape index (κ3) is 6.03. The van der Waals surface area contributed by atoms with Crippen molar-refractivity contribution in [3.8, 4) is 0 Å². The number of nitrogen functional groups attached to an aromatic ring is 1. The Morgan fingerprint density at radius 3 is 2.57 bits per heavy atom. The molecule has 1 saturated heterocycles. The second kappa shape index (κ2) is 10.2. The van der Waals surface area contributed by atoms with Gasteiger partial charge in [0.15, 0.2) is 0 Å². The number of aliphatic hydroxyl groups excluding tert-OH is 1. The number of nitrogens with zero attached hydrogens (tertiary/aromatic N) is 1. The molecule has 1 amide bonds. The van der Waals surface area contributed by atoms with Crippen LogP contribution in [0.25, 0.3) is 0 Å². The number of nitrogens with two attached hydrogens (primary N) is 1. The summed E-state index contributed by atoms with van der Waals surface area (Å²) in [5.74, 6) is -0.196. The summed E-state index contributed by atoms with van der Waals surface area (Å²) in [5.41, 5.74) is 8.61. The maximum atomic E-state index is 12.3. The first-order valence-corrected chi connectivity index (χ1v) is 9.55. The van der Waals surface area contributed by atoms with Crippen LogP contribution in [0, 0.1) is 0 Å². The number of ether oxygens (including phenoxy) is 1. The van der Waals surface area contributed by atoms with Crippen LogP contribution in [0.2, 0.25) is 0 Å². The van der Waals surface area contributed by atoms with E-state index in [2.05, 4.69) is 15.5 Å². The van der Waals surface area contributed by atoms with Crippen LogP contribution in [0.1, 0.15) is 15.9 Å². The average molecular weight is 384 g/mol. The predicted octanol–water partition coefficient (Wildman–Crippen LogP) is 1.30. The fourth-order valence-electron chi connectivity index (χ4n) is 3.11. The lowest BCUT2D eigenvalue weighted by Gasteiger charge is -2.28. The van der Waals surface area contributed by atoms with Gasteiger partial charge in [-0.05, 0) is 29.8 Å². The third-order valence-electron chi connectivity index (χ3n) is 4.71. The number of β-amino-alcohol motifs (C(OH)–C–C–N with tert-alkyl or cyclic N) is 1. The molecule has 2 aromatic rings. The third-order valence-corrected chi connectivity index (χ3v) is 4.71. The van der Waals surface area contributed by atoms with Gasteiger partial charge in [-0.15, -0.1) is 0 Å². The van der Waals surface area contributed by atoms with E-state index in [1.54, 1.807) is 24.3 Å². The maximum Gasteiger partial charge on any atom is 0.255 e. The first-order chi connectivity index (χ1) is 13.6. The number of rotatable bonds is 8. The van der Waals surface area contributed by atoms with Crippen molar-refractivity contribution < 1.29 is 14.6 Å². The van der Waals surface area contributed by atoms with Gasteiger partial charge in [-0.3, -0.25) is 9.69 Å². The first kappa shape index (κ1) is 20.3. The standard InChI is InChI=1S/C21H28N4O3/c22-19-3-1-2-4-20(19)24-21(27)17-7-5-16(6-8-17)13-23-14-18(26)15-25-9-11-28-12-10-25/h1-8,18,23,26H,9-15,22H2,(H,24,27). The zero-order valence-corrected chi connectivity index (χ0v) is 15.9. The van der Waals surface area contributed by atoms with E-state index in [-0.39, 0.29) is 5.91 Å². The number of carbonyl (C=O) groups is 1. The number of hydrogen-bond donors (Lipinski definition) is 4. The van der Waals surface area contributed by atoms with E-state index < -0.39 is 6.10 Å². The van der Waals surface area contributed by atoms with Gasteiger partial charge in [0, 0.05) is 38.3 Å². The highest BCUT2D eigenvalue weighted by molar-refractivity contribution is 6.05. The lowest BCUT2D eigenvalue weighted by atomic mass is 10.1. The molecule has 3 rings (SSSR count). The minimum Gasteiger partial charge on any atom is -0.397 e. The Labute approximate surface area is 165 Å². The predicted molar refractivity (Wildman–Crippen MR) is 110 cm³/mol. The van der Waals surface area contributed by atoms with Gasteiger partial charge < -0.3 is 26.2 Å². The molecule has 7 heteroatoms. The molecule has 1 unspecified atom stereocenters. The van der Waals surface area contributed by atoms with Crippen molar-refractivity contribution in [1.82, 2.24) is 10.2 Å². The molecule has 1 atom stereocenters. The van der Waals surface area contributed by atoms with Crippen molar-refractivity contribution in [2.24, 2.45) is 0 Å². The Balaban J connectivity index is 1.42. The molecule has 1 heterocycles. The molecule has 0 bridgehead atoms. The van der Waals surface area contributed by atoms with Crippen LogP contribution in [0.15, 0.2) is 48.5 Å². The van der Waals surface area contributed by atoms with Crippen molar-refractivity contribution in [3.05, 3.63) is 59.7 Å². The minimum absolute atomic E-state index is 0.196. The molecule has 0 aromatic heterocycles. The molecular weight excluding hydrogens is 356 g/mol. The summed E-state index contributed by atoms with van der Waals surface area (Å²) in [6.45, 7) is 5.01. The Morgan fingerprint density at radius 2 is 1.86 bits per heavy atom. The van der Waals surface area contributed by atoms with E-state index in [4.69, 9.17) is 10.5 Å². The Bertz CT molecular complexity index is 761. The summed E-state index contributed by atoms with van der Waals surface area (Å²) < 4.78 is 5.31. The number of aliphatic hydroxyl groups is 1. The van der Waals surface area contributed by atoms with Crippen molar-refractivity contribution >= 4 is 17.3 Å². The van der Waals surface area contributed by atoms with Gasteiger partial charge in [0.25, 0.3) is 5.91 Å². The van der Waals surface area contributed by atoms with Crippen molar-refractivity contribution in [1.29, 1.82) is 0 Å². The van der Waals surface area contributed by atoms with Gasteiger partial charge in [-0.1, -0.05) is 24.3 Å². The Hall–Kier alpha value is -2.45.